The number of aliphatic imine (C=N–C) groups is 1. The molecule has 1 unspecified atom stereocenters. The van der Waals surface area contributed by atoms with Gasteiger partial charge in [0, 0.05) is 49.3 Å². The molecule has 0 aliphatic carbocycles. The molecule has 1 aliphatic heterocycles. The van der Waals surface area contributed by atoms with Crippen LogP contribution in [-0.4, -0.2) is 54.1 Å². The van der Waals surface area contributed by atoms with Gasteiger partial charge in [0.2, 0.25) is 0 Å². The minimum atomic E-state index is -0.136. The Kier molecular flexibility index (Phi) is 8.51. The van der Waals surface area contributed by atoms with E-state index in [-0.39, 0.29) is 35.6 Å². The van der Waals surface area contributed by atoms with E-state index in [0.29, 0.717) is 12.5 Å². The lowest BCUT2D eigenvalue weighted by molar-refractivity contribution is 0.348. The van der Waals surface area contributed by atoms with Crippen LogP contribution in [0.1, 0.15) is 32.4 Å². The van der Waals surface area contributed by atoms with Crippen molar-refractivity contribution in [1.29, 1.82) is 0 Å². The maximum Gasteiger partial charge on any atom is 0.191 e. The molecular weight excluding hydrogens is 483 g/mol. The first-order chi connectivity index (χ1) is 12.9. The summed E-state index contributed by atoms with van der Waals surface area (Å²) in [4.78, 5) is 13.5. The van der Waals surface area contributed by atoms with Crippen molar-refractivity contribution in [2.45, 2.75) is 32.4 Å². The Morgan fingerprint density at radius 2 is 1.93 bits per heavy atom. The monoisotopic (exact) mass is 514 g/mol. The number of nitrogens with zero attached hydrogens (tertiary/aromatic N) is 4. The first-order valence-corrected chi connectivity index (χ1v) is 10.3. The number of benzene rings is 1. The molecule has 1 aromatic heterocycles. The summed E-state index contributed by atoms with van der Waals surface area (Å²) in [5.74, 6) is 0.635. The van der Waals surface area contributed by atoms with Crippen molar-refractivity contribution in [2.24, 2.45) is 10.7 Å². The fourth-order valence-electron chi connectivity index (χ4n) is 3.33. The Balaban J connectivity index is 0.00000280. The van der Waals surface area contributed by atoms with E-state index in [4.69, 9.17) is 5.73 Å². The fraction of sp³-hybridized carbons (Fsp3) is 0.500. The van der Waals surface area contributed by atoms with Crippen LogP contribution in [0, 0.1) is 0 Å². The summed E-state index contributed by atoms with van der Waals surface area (Å²) in [5.41, 5.74) is 7.42. The first kappa shape index (κ1) is 22.9. The fourth-order valence-corrected chi connectivity index (χ4v) is 4.03. The van der Waals surface area contributed by atoms with E-state index in [9.17, 15) is 0 Å². The smallest absolute Gasteiger partial charge is 0.191 e. The number of halogens is 1. The zero-order valence-electron chi connectivity index (χ0n) is 16.8. The highest BCUT2D eigenvalue weighted by Gasteiger charge is 2.23. The number of hydrogen-bond donors (Lipinski definition) is 2. The minimum absolute atomic E-state index is 0. The summed E-state index contributed by atoms with van der Waals surface area (Å²) in [5, 5.41) is 6.77. The van der Waals surface area contributed by atoms with Gasteiger partial charge in [-0.25, -0.2) is 4.98 Å². The summed E-state index contributed by atoms with van der Waals surface area (Å²) < 4.78 is 0. The van der Waals surface area contributed by atoms with E-state index in [1.165, 1.54) is 5.56 Å². The van der Waals surface area contributed by atoms with Crippen LogP contribution in [-0.2, 0) is 0 Å². The predicted octanol–water partition coefficient (Wildman–Crippen LogP) is 3.33. The highest BCUT2D eigenvalue weighted by Crippen LogP contribution is 2.19. The van der Waals surface area contributed by atoms with Gasteiger partial charge in [0.25, 0.3) is 0 Å². The van der Waals surface area contributed by atoms with Gasteiger partial charge in [-0.2, -0.15) is 0 Å². The Labute approximate surface area is 189 Å². The Morgan fingerprint density at radius 1 is 1.25 bits per heavy atom. The van der Waals surface area contributed by atoms with E-state index in [0.717, 1.165) is 31.3 Å². The van der Waals surface area contributed by atoms with E-state index in [1.54, 1.807) is 11.3 Å². The molecule has 2 heterocycles. The van der Waals surface area contributed by atoms with Gasteiger partial charge in [-0.3, -0.25) is 4.99 Å². The molecule has 0 amide bonds. The maximum atomic E-state index is 6.28. The molecule has 0 radical (unpaired) electrons. The van der Waals surface area contributed by atoms with Gasteiger partial charge in [0.05, 0.1) is 6.54 Å². The third kappa shape index (κ3) is 6.31. The maximum absolute atomic E-state index is 6.28. The molecule has 8 heteroatoms. The number of guanidine groups is 1. The summed E-state index contributed by atoms with van der Waals surface area (Å²) >= 11 is 1.68. The molecule has 28 heavy (non-hydrogen) atoms. The van der Waals surface area contributed by atoms with Crippen molar-refractivity contribution in [3.8, 4) is 0 Å². The van der Waals surface area contributed by atoms with Gasteiger partial charge in [-0.1, -0.05) is 30.3 Å². The normalized spacial score (nSPS) is 16.6. The van der Waals surface area contributed by atoms with Gasteiger partial charge in [-0.05, 0) is 26.3 Å². The molecule has 2 aromatic rings. The molecule has 3 N–H and O–H groups in total. The highest BCUT2D eigenvalue weighted by molar-refractivity contribution is 14.0. The molecule has 0 bridgehead atoms. The average Bonchev–Trinajstić information content (AvgIpc) is 3.21. The largest absolute Gasteiger partial charge is 0.370 e. The molecule has 154 valence electrons. The summed E-state index contributed by atoms with van der Waals surface area (Å²) in [6.45, 7) is 10.8. The number of nitrogens with two attached hydrogens (primary N) is 1. The molecule has 1 aliphatic rings. The number of anilines is 1. The van der Waals surface area contributed by atoms with Crippen LogP contribution >= 0.6 is 35.3 Å². The summed E-state index contributed by atoms with van der Waals surface area (Å²) in [6.07, 6.45) is 1.85. The van der Waals surface area contributed by atoms with Crippen LogP contribution in [0.2, 0.25) is 0 Å². The zero-order valence-corrected chi connectivity index (χ0v) is 20.0. The minimum Gasteiger partial charge on any atom is -0.370 e. The van der Waals surface area contributed by atoms with Crippen molar-refractivity contribution in [3.63, 3.8) is 0 Å². The SMILES string of the molecule is CC(NC(C)(C)CN=C(N)N1CCN(c2nccs2)CC1)c1ccccc1.I. The molecule has 1 saturated heterocycles. The molecular formula is C20H31IN6S. The van der Waals surface area contributed by atoms with Gasteiger partial charge in [0.1, 0.15) is 0 Å². The Morgan fingerprint density at radius 3 is 2.54 bits per heavy atom. The van der Waals surface area contributed by atoms with Crippen molar-refractivity contribution >= 4 is 46.4 Å². The van der Waals surface area contributed by atoms with Crippen LogP contribution in [0.3, 0.4) is 0 Å². The van der Waals surface area contributed by atoms with Gasteiger partial charge >= 0.3 is 0 Å². The second-order valence-corrected chi connectivity index (χ2v) is 8.50. The average molecular weight is 514 g/mol. The highest BCUT2D eigenvalue weighted by atomic mass is 127. The van der Waals surface area contributed by atoms with Crippen molar-refractivity contribution in [2.75, 3.05) is 37.6 Å². The number of hydrogen-bond acceptors (Lipinski definition) is 5. The number of rotatable bonds is 6. The standard InChI is InChI=1S/C20H30N6S.HI/c1-16(17-7-5-4-6-8-17)24-20(2,3)15-23-18(21)25-10-12-26(13-11-25)19-22-9-14-27-19;/h4-9,14,16,24H,10-13,15H2,1-3H3,(H2,21,23);1H. The lowest BCUT2D eigenvalue weighted by atomic mass is 10.0. The number of thiazole rings is 1. The Bertz CT molecular complexity index is 726. The molecule has 1 atom stereocenters. The van der Waals surface area contributed by atoms with E-state index >= 15 is 0 Å². The topological polar surface area (TPSA) is 69.8 Å². The van der Waals surface area contributed by atoms with Crippen LogP contribution in [0.5, 0.6) is 0 Å². The van der Waals surface area contributed by atoms with Crippen LogP contribution in [0.15, 0.2) is 46.9 Å². The molecule has 0 saturated carbocycles. The molecule has 1 aromatic carbocycles. The second kappa shape index (κ2) is 10.4. The zero-order chi connectivity index (χ0) is 19.3. The van der Waals surface area contributed by atoms with Crippen molar-refractivity contribution in [3.05, 3.63) is 47.5 Å². The van der Waals surface area contributed by atoms with Crippen molar-refractivity contribution < 1.29 is 0 Å². The van der Waals surface area contributed by atoms with Crippen LogP contribution in [0.25, 0.3) is 0 Å². The van der Waals surface area contributed by atoms with Gasteiger partial charge in [0.15, 0.2) is 11.1 Å². The number of piperazine rings is 1. The lowest BCUT2D eigenvalue weighted by Crippen LogP contribution is -2.52. The third-order valence-corrected chi connectivity index (χ3v) is 5.67. The lowest BCUT2D eigenvalue weighted by Gasteiger charge is -2.35. The van der Waals surface area contributed by atoms with Gasteiger partial charge < -0.3 is 20.9 Å². The molecule has 6 nitrogen and oxygen atoms in total. The summed E-state index contributed by atoms with van der Waals surface area (Å²) in [6, 6.07) is 10.7. The van der Waals surface area contributed by atoms with Crippen LogP contribution in [0.4, 0.5) is 5.13 Å². The van der Waals surface area contributed by atoms with Gasteiger partial charge in [-0.15, -0.1) is 35.3 Å². The second-order valence-electron chi connectivity index (χ2n) is 7.62. The molecule has 0 spiro atoms. The molecule has 1 fully saturated rings. The predicted molar refractivity (Wildman–Crippen MR) is 130 cm³/mol. The first-order valence-electron chi connectivity index (χ1n) is 9.46. The quantitative estimate of drug-likeness (QED) is 0.352. The van der Waals surface area contributed by atoms with E-state index < -0.39 is 0 Å². The molecule has 3 rings (SSSR count). The van der Waals surface area contributed by atoms with E-state index in [1.807, 2.05) is 17.6 Å². The number of nitrogens with one attached hydrogen (secondary N) is 1. The summed E-state index contributed by atoms with van der Waals surface area (Å²) in [7, 11) is 0. The van der Waals surface area contributed by atoms with Crippen molar-refractivity contribution in [1.82, 2.24) is 15.2 Å². The Hall–Kier alpha value is -1.39. The number of aromatic nitrogens is 1. The van der Waals surface area contributed by atoms with Crippen LogP contribution < -0.4 is 16.0 Å². The third-order valence-electron chi connectivity index (χ3n) is 4.84. The van der Waals surface area contributed by atoms with E-state index in [2.05, 4.69) is 70.1 Å².